The molecular weight excluding hydrogens is 901 g/mol. The van der Waals surface area contributed by atoms with Gasteiger partial charge in [-0.2, -0.15) is 0 Å². The molecule has 0 spiro atoms. The summed E-state index contributed by atoms with van der Waals surface area (Å²) in [6, 6.07) is 0. The minimum Gasteiger partial charge on any atom is -0.479 e. The predicted molar refractivity (Wildman–Crippen MR) is 285 cm³/mol. The molecule has 0 bridgehead atoms. The van der Waals surface area contributed by atoms with Gasteiger partial charge in [0.2, 0.25) is 0 Å². The van der Waals surface area contributed by atoms with Crippen molar-refractivity contribution in [2.75, 3.05) is 13.2 Å². The summed E-state index contributed by atoms with van der Waals surface area (Å²) in [5, 5.41) is 31.4. The summed E-state index contributed by atoms with van der Waals surface area (Å²) in [6.45, 7) is 5.99. The first-order valence-corrected chi connectivity index (χ1v) is 29.7. The van der Waals surface area contributed by atoms with Gasteiger partial charge in [0.15, 0.2) is 24.6 Å². The summed E-state index contributed by atoms with van der Waals surface area (Å²) in [7, 11) is 0. The van der Waals surface area contributed by atoms with Crippen molar-refractivity contribution in [3.05, 3.63) is 12.2 Å². The predicted octanol–water partition coefficient (Wildman–Crippen LogP) is 14.9. The summed E-state index contributed by atoms with van der Waals surface area (Å²) in [5.74, 6) is -3.09. The number of carboxylic acid groups (broad SMARTS) is 1. The van der Waals surface area contributed by atoms with Crippen LogP contribution in [-0.2, 0) is 42.9 Å². The topological polar surface area (TPSA) is 175 Å². The van der Waals surface area contributed by atoms with Gasteiger partial charge in [0.25, 0.3) is 0 Å². The molecule has 0 radical (unpaired) electrons. The van der Waals surface area contributed by atoms with Crippen LogP contribution >= 0.6 is 0 Å². The first-order chi connectivity index (χ1) is 34.6. The number of aliphatic carboxylic acids is 1. The van der Waals surface area contributed by atoms with Crippen molar-refractivity contribution in [3.8, 4) is 0 Å². The van der Waals surface area contributed by atoms with E-state index in [1.165, 1.54) is 161 Å². The molecule has 0 aromatic carbocycles. The number of esters is 3. The number of carbonyl (C=O) groups is 4. The van der Waals surface area contributed by atoms with Crippen molar-refractivity contribution in [3.63, 3.8) is 0 Å². The first kappa shape index (κ1) is 66.5. The number of hydrogen-bond donors (Lipinski definition) is 3. The van der Waals surface area contributed by atoms with Crippen LogP contribution in [-0.4, -0.2) is 89.2 Å². The molecule has 1 fully saturated rings. The molecule has 71 heavy (non-hydrogen) atoms. The highest BCUT2D eigenvalue weighted by Crippen LogP contribution is 2.27. The van der Waals surface area contributed by atoms with Gasteiger partial charge in [-0.05, 0) is 44.9 Å². The van der Waals surface area contributed by atoms with Gasteiger partial charge < -0.3 is 39.0 Å². The number of ether oxygens (including phenoxy) is 5. The maximum atomic E-state index is 13.1. The van der Waals surface area contributed by atoms with Gasteiger partial charge in [0.1, 0.15) is 18.8 Å². The van der Waals surface area contributed by atoms with E-state index in [1.54, 1.807) is 0 Å². The zero-order valence-corrected chi connectivity index (χ0v) is 45.7. The fraction of sp³-hybridized carbons (Fsp3) is 0.898. The van der Waals surface area contributed by atoms with Gasteiger partial charge in [-0.25, -0.2) is 4.79 Å². The lowest BCUT2D eigenvalue weighted by Gasteiger charge is -2.40. The molecule has 1 aliphatic heterocycles. The Kier molecular flexibility index (Phi) is 45.3. The number of allylic oxidation sites excluding steroid dienone is 2. The standard InChI is InChI=1S/C59H108O12/c1-4-7-10-13-16-19-21-23-24-25-26-27-28-30-32-35-38-41-44-47-53(62)70-57-55(64)54(63)56(58(65)66)71-59(57)68-49-50(69-52(61)46-43-40-37-33-18-15-12-9-6-3)48-67-51(60)45-42-39-36-34-31-29-22-20-17-14-11-8-5-2/h23-24,50,54-57,59,63-64H,4-22,25-49H2,1-3H3,(H,65,66)/b24-23-. The summed E-state index contributed by atoms with van der Waals surface area (Å²) < 4.78 is 28.4. The average Bonchev–Trinajstić information content (AvgIpc) is 3.35. The van der Waals surface area contributed by atoms with E-state index in [0.717, 1.165) is 70.6 Å². The molecule has 0 amide bonds. The Morgan fingerprint density at radius 2 is 0.803 bits per heavy atom. The Balaban J connectivity index is 2.61. The van der Waals surface area contributed by atoms with E-state index >= 15 is 0 Å². The summed E-state index contributed by atoms with van der Waals surface area (Å²) in [5.41, 5.74) is 0. The van der Waals surface area contributed by atoms with Crippen LogP contribution in [0.5, 0.6) is 0 Å². The molecule has 1 aliphatic rings. The number of aliphatic hydroxyl groups is 2. The van der Waals surface area contributed by atoms with E-state index in [9.17, 15) is 34.5 Å². The number of carboxylic acids is 1. The van der Waals surface area contributed by atoms with E-state index < -0.39 is 67.3 Å². The van der Waals surface area contributed by atoms with E-state index in [0.29, 0.717) is 19.3 Å². The van der Waals surface area contributed by atoms with Crippen LogP contribution in [0.3, 0.4) is 0 Å². The molecule has 0 aliphatic carbocycles. The summed E-state index contributed by atoms with van der Waals surface area (Å²) in [4.78, 5) is 50.9. The van der Waals surface area contributed by atoms with Crippen LogP contribution < -0.4 is 0 Å². The second-order valence-corrected chi connectivity index (χ2v) is 20.6. The number of hydrogen-bond acceptors (Lipinski definition) is 11. The van der Waals surface area contributed by atoms with Gasteiger partial charge >= 0.3 is 23.9 Å². The van der Waals surface area contributed by atoms with Crippen molar-refractivity contribution in [2.45, 2.75) is 327 Å². The SMILES string of the molecule is CCCCCCCC/C=C\CCCCCCCCCCCC(=O)OC1C(OCC(COC(=O)CCCCCCCCCCCCCCC)OC(=O)CCCCCCCCCCC)OC(C(=O)O)C(O)C1O. The van der Waals surface area contributed by atoms with Crippen LogP contribution in [0.25, 0.3) is 0 Å². The Bertz CT molecular complexity index is 1290. The van der Waals surface area contributed by atoms with Crippen molar-refractivity contribution in [1.29, 1.82) is 0 Å². The molecular formula is C59H108O12. The second-order valence-electron chi connectivity index (χ2n) is 20.6. The highest BCUT2D eigenvalue weighted by atomic mass is 16.7. The van der Waals surface area contributed by atoms with Crippen LogP contribution in [0, 0.1) is 0 Å². The van der Waals surface area contributed by atoms with Gasteiger partial charge in [-0.3, -0.25) is 14.4 Å². The average molecular weight is 1010 g/mol. The van der Waals surface area contributed by atoms with Gasteiger partial charge in [-0.1, -0.05) is 238 Å². The normalized spacial score (nSPS) is 18.5. The molecule has 12 heteroatoms. The smallest absolute Gasteiger partial charge is 0.335 e. The van der Waals surface area contributed by atoms with Crippen molar-refractivity contribution >= 4 is 23.9 Å². The lowest BCUT2D eigenvalue weighted by Crippen LogP contribution is -2.61. The number of unbranched alkanes of at least 4 members (excludes halogenated alkanes) is 35. The highest BCUT2D eigenvalue weighted by molar-refractivity contribution is 5.74. The van der Waals surface area contributed by atoms with Gasteiger partial charge in [0.05, 0.1) is 6.61 Å². The molecule has 416 valence electrons. The largest absolute Gasteiger partial charge is 0.479 e. The maximum absolute atomic E-state index is 13.1. The van der Waals surface area contributed by atoms with Crippen molar-refractivity contribution in [1.82, 2.24) is 0 Å². The Labute approximate surface area is 433 Å². The monoisotopic (exact) mass is 1010 g/mol. The van der Waals surface area contributed by atoms with E-state index in [2.05, 4.69) is 32.9 Å². The zero-order valence-electron chi connectivity index (χ0n) is 45.7. The van der Waals surface area contributed by atoms with Crippen LogP contribution in [0.1, 0.15) is 290 Å². The third-order valence-corrected chi connectivity index (χ3v) is 13.8. The molecule has 0 saturated carbocycles. The fourth-order valence-corrected chi connectivity index (χ4v) is 9.25. The Hall–Kier alpha value is -2.54. The van der Waals surface area contributed by atoms with Crippen molar-refractivity contribution < 1.29 is 58.2 Å². The molecule has 0 aromatic rings. The molecule has 3 N–H and O–H groups in total. The zero-order chi connectivity index (χ0) is 51.8. The fourth-order valence-electron chi connectivity index (χ4n) is 9.25. The highest BCUT2D eigenvalue weighted by Gasteiger charge is 2.50. The number of rotatable bonds is 51. The molecule has 6 unspecified atom stereocenters. The third kappa shape index (κ3) is 38.7. The minimum absolute atomic E-state index is 0.0646. The number of aliphatic hydroxyl groups excluding tert-OH is 2. The Morgan fingerprint density at radius 1 is 0.451 bits per heavy atom. The summed E-state index contributed by atoms with van der Waals surface area (Å²) in [6.07, 6.45) is 40.5. The van der Waals surface area contributed by atoms with Crippen molar-refractivity contribution in [2.24, 2.45) is 0 Å². The first-order valence-electron chi connectivity index (χ1n) is 29.7. The van der Waals surface area contributed by atoms with Crippen LogP contribution in [0.15, 0.2) is 12.2 Å². The lowest BCUT2D eigenvalue weighted by molar-refractivity contribution is -0.301. The van der Waals surface area contributed by atoms with E-state index in [1.807, 2.05) is 0 Å². The molecule has 1 heterocycles. The van der Waals surface area contributed by atoms with E-state index in [-0.39, 0.29) is 25.9 Å². The molecule has 1 saturated heterocycles. The molecule has 0 aromatic heterocycles. The van der Waals surface area contributed by atoms with E-state index in [4.69, 9.17) is 23.7 Å². The maximum Gasteiger partial charge on any atom is 0.335 e. The Morgan fingerprint density at radius 3 is 1.20 bits per heavy atom. The molecule has 6 atom stereocenters. The van der Waals surface area contributed by atoms with Gasteiger partial charge in [0, 0.05) is 19.3 Å². The lowest BCUT2D eigenvalue weighted by atomic mass is 9.98. The second kappa shape index (κ2) is 48.4. The molecule has 1 rings (SSSR count). The van der Waals surface area contributed by atoms with Crippen LogP contribution in [0.4, 0.5) is 0 Å². The minimum atomic E-state index is -1.90. The van der Waals surface area contributed by atoms with Crippen LogP contribution in [0.2, 0.25) is 0 Å². The molecule has 12 nitrogen and oxygen atoms in total. The van der Waals surface area contributed by atoms with Gasteiger partial charge in [-0.15, -0.1) is 0 Å². The quantitative estimate of drug-likeness (QED) is 0.0228. The summed E-state index contributed by atoms with van der Waals surface area (Å²) >= 11 is 0. The number of carbonyl (C=O) groups excluding carboxylic acids is 3. The third-order valence-electron chi connectivity index (χ3n) is 13.8.